The van der Waals surface area contributed by atoms with Crippen molar-refractivity contribution in [3.8, 4) is 0 Å². The first kappa shape index (κ1) is 16.5. The zero-order valence-electron chi connectivity index (χ0n) is 11.9. The predicted octanol–water partition coefficient (Wildman–Crippen LogP) is 1.98. The van der Waals surface area contributed by atoms with E-state index in [9.17, 15) is 8.42 Å². The number of rotatable bonds is 5. The van der Waals surface area contributed by atoms with Gasteiger partial charge in [-0.2, -0.15) is 8.42 Å². The number of allylic oxidation sites excluding steroid dienone is 1. The van der Waals surface area contributed by atoms with Gasteiger partial charge in [0.1, 0.15) is 11.0 Å². The summed E-state index contributed by atoms with van der Waals surface area (Å²) in [4.78, 5) is 3.74. The second kappa shape index (κ2) is 6.76. The molecule has 0 unspecified atom stereocenters. The van der Waals surface area contributed by atoms with E-state index in [1.54, 1.807) is 18.2 Å². The first-order valence-electron chi connectivity index (χ1n) is 5.86. The molecule has 0 aliphatic rings. The minimum atomic E-state index is -3.78. The molecule has 0 amide bonds. The lowest BCUT2D eigenvalue weighted by atomic mass is 10.4. The van der Waals surface area contributed by atoms with Crippen molar-refractivity contribution in [1.82, 2.24) is 9.80 Å². The second-order valence-electron chi connectivity index (χ2n) is 4.49. The number of hydrogen-bond acceptors (Lipinski definition) is 4. The van der Waals surface area contributed by atoms with Crippen LogP contribution in [-0.2, 0) is 10.0 Å². The summed E-state index contributed by atoms with van der Waals surface area (Å²) in [6.07, 6.45) is 1.50. The molecular formula is C13H18ClN3O2S. The van der Waals surface area contributed by atoms with Gasteiger partial charge in [-0.3, -0.25) is 0 Å². The molecular weight excluding hydrogens is 298 g/mol. The monoisotopic (exact) mass is 315 g/mol. The van der Waals surface area contributed by atoms with Crippen molar-refractivity contribution in [3.63, 3.8) is 0 Å². The van der Waals surface area contributed by atoms with Crippen molar-refractivity contribution >= 4 is 26.8 Å². The molecule has 0 radical (unpaired) electrons. The van der Waals surface area contributed by atoms with E-state index >= 15 is 0 Å². The molecule has 110 valence electrons. The highest BCUT2D eigenvalue weighted by Crippen LogP contribution is 2.13. The molecule has 0 aliphatic carbocycles. The number of nitrogens with zero attached hydrogens (tertiary/aromatic N) is 3. The maximum absolute atomic E-state index is 12.0. The summed E-state index contributed by atoms with van der Waals surface area (Å²) in [5, 5.41) is -0.0914. The van der Waals surface area contributed by atoms with Crippen molar-refractivity contribution in [1.29, 1.82) is 0 Å². The van der Waals surface area contributed by atoms with Crippen molar-refractivity contribution in [2.45, 2.75) is 4.90 Å². The third-order valence-corrected chi connectivity index (χ3v) is 4.01. The van der Waals surface area contributed by atoms with Crippen LogP contribution in [0.2, 0.25) is 0 Å². The smallest absolute Gasteiger partial charge is 0.283 e. The quantitative estimate of drug-likeness (QED) is 0.780. The molecule has 0 N–H and O–H groups in total. The van der Waals surface area contributed by atoms with E-state index in [0.29, 0.717) is 0 Å². The molecule has 1 rings (SSSR count). The molecule has 5 nitrogen and oxygen atoms in total. The van der Waals surface area contributed by atoms with Gasteiger partial charge in [0, 0.05) is 34.3 Å². The molecule has 0 fully saturated rings. The van der Waals surface area contributed by atoms with Gasteiger partial charge in [0.2, 0.25) is 0 Å². The minimum absolute atomic E-state index is 0.0914. The zero-order chi connectivity index (χ0) is 15.3. The SMILES string of the molecule is CN(C)C(=C/C(Cl)=N/S(=O)(=O)c1ccccc1)N(C)C. The molecule has 0 bridgehead atoms. The van der Waals surface area contributed by atoms with Crippen LogP contribution in [0.15, 0.2) is 51.5 Å². The summed E-state index contributed by atoms with van der Waals surface area (Å²) in [6.45, 7) is 0. The van der Waals surface area contributed by atoms with Gasteiger partial charge in [-0.25, -0.2) is 0 Å². The van der Waals surface area contributed by atoms with Gasteiger partial charge in [-0.1, -0.05) is 29.8 Å². The molecule has 0 saturated carbocycles. The van der Waals surface area contributed by atoms with E-state index in [1.807, 2.05) is 38.0 Å². The highest BCUT2D eigenvalue weighted by molar-refractivity contribution is 7.90. The van der Waals surface area contributed by atoms with Crippen LogP contribution < -0.4 is 0 Å². The Bertz CT molecular complexity index is 598. The number of halogens is 1. The third kappa shape index (κ3) is 4.54. The van der Waals surface area contributed by atoms with Gasteiger partial charge in [-0.05, 0) is 12.1 Å². The number of sulfonamides is 1. The topological polar surface area (TPSA) is 53.0 Å². The standard InChI is InChI=1S/C13H18ClN3O2S/c1-16(2)13(17(3)4)10-12(14)15-20(18,19)11-8-6-5-7-9-11/h5-10H,1-4H3/b15-12-. The molecule has 0 aliphatic heterocycles. The zero-order valence-corrected chi connectivity index (χ0v) is 13.5. The molecule has 0 aromatic heterocycles. The Morgan fingerprint density at radius 2 is 1.60 bits per heavy atom. The van der Waals surface area contributed by atoms with Gasteiger partial charge in [0.25, 0.3) is 10.0 Å². The average Bonchev–Trinajstić information content (AvgIpc) is 2.35. The van der Waals surface area contributed by atoms with Crippen LogP contribution in [0.1, 0.15) is 0 Å². The predicted molar refractivity (Wildman–Crippen MR) is 82.4 cm³/mol. The lowest BCUT2D eigenvalue weighted by molar-refractivity contribution is 0.344. The van der Waals surface area contributed by atoms with Gasteiger partial charge >= 0.3 is 0 Å². The molecule has 0 atom stereocenters. The van der Waals surface area contributed by atoms with Gasteiger partial charge in [0.15, 0.2) is 0 Å². The van der Waals surface area contributed by atoms with E-state index < -0.39 is 10.0 Å². The van der Waals surface area contributed by atoms with Crippen LogP contribution in [-0.4, -0.2) is 51.6 Å². The van der Waals surface area contributed by atoms with Gasteiger partial charge in [0.05, 0.1) is 4.90 Å². The minimum Gasteiger partial charge on any atom is -0.364 e. The van der Waals surface area contributed by atoms with Crippen molar-refractivity contribution < 1.29 is 8.42 Å². The lowest BCUT2D eigenvalue weighted by Gasteiger charge is -2.24. The van der Waals surface area contributed by atoms with Crippen LogP contribution in [0.3, 0.4) is 0 Å². The van der Waals surface area contributed by atoms with Gasteiger partial charge < -0.3 is 9.80 Å². The maximum Gasteiger partial charge on any atom is 0.283 e. The van der Waals surface area contributed by atoms with Crippen LogP contribution >= 0.6 is 11.6 Å². The fraction of sp³-hybridized carbons (Fsp3) is 0.308. The molecule has 0 heterocycles. The first-order chi connectivity index (χ1) is 9.24. The average molecular weight is 316 g/mol. The third-order valence-electron chi connectivity index (χ3n) is 2.41. The van der Waals surface area contributed by atoms with Crippen LogP contribution in [0, 0.1) is 0 Å². The molecule has 1 aromatic rings. The highest BCUT2D eigenvalue weighted by Gasteiger charge is 2.13. The Labute approximate surface area is 125 Å². The van der Waals surface area contributed by atoms with E-state index in [1.165, 1.54) is 18.2 Å². The Kier molecular flexibility index (Phi) is 5.59. The molecule has 7 heteroatoms. The second-order valence-corrected chi connectivity index (χ2v) is 6.48. The van der Waals surface area contributed by atoms with Crippen molar-refractivity contribution in [2.24, 2.45) is 4.40 Å². The Hall–Kier alpha value is -1.53. The van der Waals surface area contributed by atoms with Crippen molar-refractivity contribution in [3.05, 3.63) is 42.2 Å². The number of hydrogen-bond donors (Lipinski definition) is 0. The Morgan fingerprint density at radius 3 is 2.05 bits per heavy atom. The van der Waals surface area contributed by atoms with E-state index in [2.05, 4.69) is 4.40 Å². The summed E-state index contributed by atoms with van der Waals surface area (Å²) < 4.78 is 27.7. The van der Waals surface area contributed by atoms with Crippen molar-refractivity contribution in [2.75, 3.05) is 28.2 Å². The largest absolute Gasteiger partial charge is 0.364 e. The first-order valence-corrected chi connectivity index (χ1v) is 7.67. The summed E-state index contributed by atoms with van der Waals surface area (Å²) in [6, 6.07) is 7.96. The summed E-state index contributed by atoms with van der Waals surface area (Å²) >= 11 is 5.94. The normalized spacial score (nSPS) is 11.9. The fourth-order valence-electron chi connectivity index (χ4n) is 1.55. The molecule has 1 aromatic carbocycles. The molecule has 0 spiro atoms. The number of benzene rings is 1. The molecule has 0 saturated heterocycles. The van der Waals surface area contributed by atoms with E-state index in [4.69, 9.17) is 11.6 Å². The van der Waals surface area contributed by atoms with E-state index in [0.717, 1.165) is 5.82 Å². The van der Waals surface area contributed by atoms with E-state index in [-0.39, 0.29) is 10.1 Å². The highest BCUT2D eigenvalue weighted by atomic mass is 35.5. The summed E-state index contributed by atoms with van der Waals surface area (Å²) in [7, 11) is 3.56. The van der Waals surface area contributed by atoms with Crippen LogP contribution in [0.25, 0.3) is 0 Å². The Balaban J connectivity index is 3.14. The fourth-order valence-corrected chi connectivity index (χ4v) is 2.81. The lowest BCUT2D eigenvalue weighted by Crippen LogP contribution is -2.25. The van der Waals surface area contributed by atoms with Crippen LogP contribution in [0.4, 0.5) is 0 Å². The Morgan fingerprint density at radius 1 is 1.10 bits per heavy atom. The van der Waals surface area contributed by atoms with Gasteiger partial charge in [-0.15, -0.1) is 4.40 Å². The van der Waals surface area contributed by atoms with Crippen LogP contribution in [0.5, 0.6) is 0 Å². The summed E-state index contributed by atoms with van der Waals surface area (Å²) in [5.41, 5.74) is 0. The maximum atomic E-state index is 12.0. The summed E-state index contributed by atoms with van der Waals surface area (Å²) in [5.74, 6) is 0.738. The molecule has 20 heavy (non-hydrogen) atoms.